The van der Waals surface area contributed by atoms with Gasteiger partial charge < -0.3 is 10.2 Å². The number of nitrogens with one attached hydrogen (secondary N) is 1. The van der Waals surface area contributed by atoms with E-state index < -0.39 is 0 Å². The van der Waals surface area contributed by atoms with Crippen LogP contribution in [0.5, 0.6) is 0 Å². The van der Waals surface area contributed by atoms with Gasteiger partial charge in [-0.1, -0.05) is 50.6 Å². The molecule has 3 unspecified atom stereocenters. The molecule has 1 N–H and O–H groups in total. The van der Waals surface area contributed by atoms with E-state index >= 15 is 0 Å². The molecule has 0 aliphatic carbocycles. The Balaban J connectivity index is 2.62. The highest BCUT2D eigenvalue weighted by molar-refractivity contribution is 5.19. The molecule has 1 rings (SSSR count). The number of hydrogen-bond donors (Lipinski definition) is 1. The molecule has 0 saturated heterocycles. The molecule has 1 aromatic rings. The summed E-state index contributed by atoms with van der Waals surface area (Å²) in [5.74, 6) is 0.594. The summed E-state index contributed by atoms with van der Waals surface area (Å²) >= 11 is 0. The van der Waals surface area contributed by atoms with Crippen molar-refractivity contribution in [1.82, 2.24) is 10.2 Å². The van der Waals surface area contributed by atoms with Crippen LogP contribution in [0.1, 0.15) is 45.2 Å². The van der Waals surface area contributed by atoms with Crippen LogP contribution in [0.4, 0.5) is 0 Å². The molecule has 0 heterocycles. The molecular weight excluding hydrogens is 232 g/mol. The van der Waals surface area contributed by atoms with Gasteiger partial charge in [0.25, 0.3) is 0 Å². The first-order chi connectivity index (χ1) is 9.10. The third kappa shape index (κ3) is 4.96. The minimum absolute atomic E-state index is 0.428. The Labute approximate surface area is 119 Å². The fourth-order valence-corrected chi connectivity index (χ4v) is 2.82. The smallest absolute Gasteiger partial charge is 0.0355 e. The van der Waals surface area contributed by atoms with Gasteiger partial charge in [-0.25, -0.2) is 0 Å². The summed E-state index contributed by atoms with van der Waals surface area (Å²) in [5, 5.41) is 3.47. The van der Waals surface area contributed by atoms with Crippen LogP contribution >= 0.6 is 0 Å². The van der Waals surface area contributed by atoms with E-state index in [-0.39, 0.29) is 0 Å². The van der Waals surface area contributed by atoms with E-state index in [1.54, 1.807) is 0 Å². The number of nitrogens with zero attached hydrogens (tertiary/aromatic N) is 1. The third-order valence-corrected chi connectivity index (χ3v) is 4.07. The number of rotatable bonds is 8. The first kappa shape index (κ1) is 16.2. The maximum absolute atomic E-state index is 3.47. The van der Waals surface area contributed by atoms with Gasteiger partial charge in [0, 0.05) is 18.6 Å². The Bertz CT molecular complexity index is 336. The van der Waals surface area contributed by atoms with Crippen LogP contribution in [0, 0.1) is 5.92 Å². The van der Waals surface area contributed by atoms with Gasteiger partial charge in [0.2, 0.25) is 0 Å². The first-order valence-corrected chi connectivity index (χ1v) is 7.52. The Morgan fingerprint density at radius 3 is 2.32 bits per heavy atom. The molecule has 3 atom stereocenters. The molecule has 0 aliphatic heterocycles. The molecule has 0 radical (unpaired) electrons. The lowest BCUT2D eigenvalue weighted by Crippen LogP contribution is -2.37. The number of benzene rings is 1. The summed E-state index contributed by atoms with van der Waals surface area (Å²) in [6.07, 6.45) is 2.53. The summed E-state index contributed by atoms with van der Waals surface area (Å²) in [7, 11) is 4.30. The first-order valence-electron chi connectivity index (χ1n) is 7.52. The molecule has 2 heteroatoms. The van der Waals surface area contributed by atoms with Gasteiger partial charge in [0.05, 0.1) is 0 Å². The van der Waals surface area contributed by atoms with Gasteiger partial charge in [-0.05, 0) is 38.9 Å². The lowest BCUT2D eigenvalue weighted by molar-refractivity contribution is 0.194. The monoisotopic (exact) mass is 262 g/mol. The summed E-state index contributed by atoms with van der Waals surface area (Å²) < 4.78 is 0. The largest absolute Gasteiger partial charge is 0.313 e. The van der Waals surface area contributed by atoms with E-state index in [9.17, 15) is 0 Å². The van der Waals surface area contributed by atoms with Crippen molar-refractivity contribution in [1.29, 1.82) is 0 Å². The zero-order chi connectivity index (χ0) is 14.3. The summed E-state index contributed by atoms with van der Waals surface area (Å²) in [5.41, 5.74) is 1.38. The molecule has 0 aliphatic rings. The molecular formula is C17H30N2. The molecule has 0 aromatic heterocycles. The van der Waals surface area contributed by atoms with Gasteiger partial charge in [-0.15, -0.1) is 0 Å². The van der Waals surface area contributed by atoms with Crippen LogP contribution in [0.2, 0.25) is 0 Å². The quantitative estimate of drug-likeness (QED) is 0.768. The van der Waals surface area contributed by atoms with E-state index in [1.165, 1.54) is 18.4 Å². The van der Waals surface area contributed by atoms with E-state index in [0.29, 0.717) is 18.0 Å². The van der Waals surface area contributed by atoms with Crippen molar-refractivity contribution in [2.24, 2.45) is 5.92 Å². The fraction of sp³-hybridized carbons (Fsp3) is 0.647. The Kier molecular flexibility index (Phi) is 7.11. The van der Waals surface area contributed by atoms with Crippen LogP contribution in [0.15, 0.2) is 30.3 Å². The molecule has 2 nitrogen and oxygen atoms in total. The molecule has 0 fully saturated rings. The highest BCUT2D eigenvalue weighted by Crippen LogP contribution is 2.22. The van der Waals surface area contributed by atoms with E-state index in [4.69, 9.17) is 0 Å². The standard InChI is InChI=1S/C17H30N2/c1-6-10-15(3)19(5)13-14(2)17(18-4)16-11-8-7-9-12-16/h7-9,11-12,14-15,17-18H,6,10,13H2,1-5H3. The Morgan fingerprint density at radius 2 is 1.79 bits per heavy atom. The van der Waals surface area contributed by atoms with Crippen molar-refractivity contribution in [3.8, 4) is 0 Å². The van der Waals surface area contributed by atoms with Crippen molar-refractivity contribution in [2.45, 2.75) is 45.7 Å². The molecule has 108 valence electrons. The third-order valence-electron chi connectivity index (χ3n) is 4.07. The van der Waals surface area contributed by atoms with E-state index in [1.807, 2.05) is 0 Å². The molecule has 19 heavy (non-hydrogen) atoms. The van der Waals surface area contributed by atoms with Crippen molar-refractivity contribution >= 4 is 0 Å². The second-order valence-corrected chi connectivity index (χ2v) is 5.73. The average molecular weight is 262 g/mol. The van der Waals surface area contributed by atoms with E-state index in [2.05, 4.69) is 75.4 Å². The van der Waals surface area contributed by atoms with E-state index in [0.717, 1.165) is 6.54 Å². The maximum atomic E-state index is 3.47. The molecule has 0 bridgehead atoms. The van der Waals surface area contributed by atoms with Gasteiger partial charge in [-0.3, -0.25) is 0 Å². The van der Waals surface area contributed by atoms with Crippen molar-refractivity contribution < 1.29 is 0 Å². The highest BCUT2D eigenvalue weighted by Gasteiger charge is 2.20. The lowest BCUT2D eigenvalue weighted by atomic mass is 9.93. The summed E-state index contributed by atoms with van der Waals surface area (Å²) in [6.45, 7) is 8.05. The lowest BCUT2D eigenvalue weighted by Gasteiger charge is -2.31. The SMILES string of the molecule is CCCC(C)N(C)CC(C)C(NC)c1ccccc1. The van der Waals surface area contributed by atoms with Crippen molar-refractivity contribution in [2.75, 3.05) is 20.6 Å². The average Bonchev–Trinajstić information content (AvgIpc) is 2.41. The minimum Gasteiger partial charge on any atom is -0.313 e. The van der Waals surface area contributed by atoms with Gasteiger partial charge in [-0.2, -0.15) is 0 Å². The zero-order valence-corrected chi connectivity index (χ0v) is 13.2. The van der Waals surface area contributed by atoms with Crippen LogP contribution in [-0.2, 0) is 0 Å². The zero-order valence-electron chi connectivity index (χ0n) is 13.2. The van der Waals surface area contributed by atoms with Crippen LogP contribution in [0.25, 0.3) is 0 Å². The summed E-state index contributed by atoms with van der Waals surface area (Å²) in [6, 6.07) is 11.8. The van der Waals surface area contributed by atoms with Crippen LogP contribution < -0.4 is 5.32 Å². The van der Waals surface area contributed by atoms with Crippen molar-refractivity contribution in [3.05, 3.63) is 35.9 Å². The number of hydrogen-bond acceptors (Lipinski definition) is 2. The molecule has 0 spiro atoms. The van der Waals surface area contributed by atoms with Crippen LogP contribution in [0.3, 0.4) is 0 Å². The molecule has 0 saturated carbocycles. The highest BCUT2D eigenvalue weighted by atomic mass is 15.1. The predicted molar refractivity (Wildman–Crippen MR) is 84.4 cm³/mol. The predicted octanol–water partition coefficient (Wildman–Crippen LogP) is 3.70. The fourth-order valence-electron chi connectivity index (χ4n) is 2.82. The normalized spacial score (nSPS) is 16.3. The summed E-state index contributed by atoms with van der Waals surface area (Å²) in [4.78, 5) is 2.49. The second kappa shape index (κ2) is 8.34. The minimum atomic E-state index is 0.428. The Hall–Kier alpha value is -0.860. The Morgan fingerprint density at radius 1 is 1.16 bits per heavy atom. The maximum Gasteiger partial charge on any atom is 0.0355 e. The second-order valence-electron chi connectivity index (χ2n) is 5.73. The molecule has 1 aromatic carbocycles. The molecule has 0 amide bonds. The van der Waals surface area contributed by atoms with Crippen LogP contribution in [-0.4, -0.2) is 31.6 Å². The van der Waals surface area contributed by atoms with Gasteiger partial charge in [0.1, 0.15) is 0 Å². The topological polar surface area (TPSA) is 15.3 Å². The van der Waals surface area contributed by atoms with Gasteiger partial charge >= 0.3 is 0 Å². The van der Waals surface area contributed by atoms with Gasteiger partial charge in [0.15, 0.2) is 0 Å². The van der Waals surface area contributed by atoms with Crippen molar-refractivity contribution in [3.63, 3.8) is 0 Å².